The number of nitrogens with zero attached hydrogens (tertiary/aromatic N) is 1. The first-order chi connectivity index (χ1) is 7.97. The van der Waals surface area contributed by atoms with Gasteiger partial charge in [-0.25, -0.2) is 0 Å². The Morgan fingerprint density at radius 1 is 1.29 bits per heavy atom. The molecule has 1 N–H and O–H groups in total. The number of hydrogen-bond acceptors (Lipinski definition) is 2. The van der Waals surface area contributed by atoms with E-state index in [9.17, 15) is 5.11 Å². The highest BCUT2D eigenvalue weighted by Crippen LogP contribution is 2.31. The molecule has 0 aliphatic carbocycles. The van der Waals surface area contributed by atoms with Gasteiger partial charge in [-0.2, -0.15) is 0 Å². The van der Waals surface area contributed by atoms with E-state index in [-0.39, 0.29) is 6.61 Å². The third kappa shape index (κ3) is 3.62. The van der Waals surface area contributed by atoms with Crippen LogP contribution in [-0.4, -0.2) is 18.2 Å². The molecule has 0 saturated carbocycles. The topological polar surface area (TPSA) is 23.5 Å². The Morgan fingerprint density at radius 2 is 1.94 bits per heavy atom. The van der Waals surface area contributed by atoms with Crippen molar-refractivity contribution in [2.45, 2.75) is 39.8 Å². The van der Waals surface area contributed by atoms with E-state index in [2.05, 4.69) is 25.7 Å². The molecule has 1 unspecified atom stereocenters. The number of halogens is 1. The van der Waals surface area contributed by atoms with Gasteiger partial charge >= 0.3 is 0 Å². The molecule has 0 radical (unpaired) electrons. The smallest absolute Gasteiger partial charge is 0.0702 e. The van der Waals surface area contributed by atoms with Gasteiger partial charge in [0, 0.05) is 18.7 Å². The summed E-state index contributed by atoms with van der Waals surface area (Å²) in [6.45, 7) is 6.63. The average molecular weight is 256 g/mol. The Hall–Kier alpha value is -0.730. The molecule has 0 aromatic heterocycles. The molecule has 1 atom stereocenters. The standard InChI is InChI=1S/C14H22ClNO/c1-10(2)8-11(3)16(4)14-12(9-17)6-5-7-13(14)15/h5-7,10-11,17H,8-9H2,1-4H3. The lowest BCUT2D eigenvalue weighted by Crippen LogP contribution is -2.31. The fraction of sp³-hybridized carbons (Fsp3) is 0.571. The summed E-state index contributed by atoms with van der Waals surface area (Å²) < 4.78 is 0. The highest BCUT2D eigenvalue weighted by atomic mass is 35.5. The molecule has 1 aromatic rings. The van der Waals surface area contributed by atoms with E-state index in [1.807, 2.05) is 25.2 Å². The predicted octanol–water partition coefficient (Wildman–Crippen LogP) is 3.70. The summed E-state index contributed by atoms with van der Waals surface area (Å²) >= 11 is 6.23. The minimum atomic E-state index is 0.0225. The molecule has 0 spiro atoms. The summed E-state index contributed by atoms with van der Waals surface area (Å²) in [5.74, 6) is 0.646. The maximum absolute atomic E-state index is 9.37. The summed E-state index contributed by atoms with van der Waals surface area (Å²) in [6, 6.07) is 6.06. The fourth-order valence-electron chi connectivity index (χ4n) is 2.14. The number of hydrogen-bond donors (Lipinski definition) is 1. The summed E-state index contributed by atoms with van der Waals surface area (Å²) in [4.78, 5) is 2.16. The van der Waals surface area contributed by atoms with Crippen LogP contribution >= 0.6 is 11.6 Å². The SMILES string of the molecule is CC(C)CC(C)N(C)c1c(Cl)cccc1CO. The van der Waals surface area contributed by atoms with E-state index in [1.54, 1.807) is 0 Å². The van der Waals surface area contributed by atoms with Gasteiger partial charge in [0.1, 0.15) is 0 Å². The van der Waals surface area contributed by atoms with Gasteiger partial charge in [0.05, 0.1) is 17.3 Å². The second-order valence-electron chi connectivity index (χ2n) is 5.00. The maximum Gasteiger partial charge on any atom is 0.0702 e. The van der Waals surface area contributed by atoms with Crippen molar-refractivity contribution in [3.63, 3.8) is 0 Å². The molecule has 0 amide bonds. The number of aliphatic hydroxyl groups is 1. The first-order valence-corrected chi connectivity index (χ1v) is 6.46. The molecule has 2 nitrogen and oxygen atoms in total. The van der Waals surface area contributed by atoms with E-state index in [4.69, 9.17) is 11.6 Å². The molecule has 3 heteroatoms. The van der Waals surface area contributed by atoms with Crippen molar-refractivity contribution >= 4 is 17.3 Å². The summed E-state index contributed by atoms with van der Waals surface area (Å²) in [6.07, 6.45) is 1.10. The molecule has 1 rings (SSSR count). The number of aliphatic hydroxyl groups excluding tert-OH is 1. The number of anilines is 1. The monoisotopic (exact) mass is 255 g/mol. The lowest BCUT2D eigenvalue weighted by Gasteiger charge is -2.30. The molecule has 0 bridgehead atoms. The van der Waals surface area contributed by atoms with Crippen molar-refractivity contribution in [2.75, 3.05) is 11.9 Å². The molecule has 0 aliphatic heterocycles. The third-order valence-corrected chi connectivity index (χ3v) is 3.37. The number of benzene rings is 1. The van der Waals surface area contributed by atoms with E-state index in [1.165, 1.54) is 0 Å². The summed E-state index contributed by atoms with van der Waals surface area (Å²) in [5, 5.41) is 10.1. The molecule has 0 heterocycles. The van der Waals surface area contributed by atoms with Gasteiger partial charge < -0.3 is 10.0 Å². The Morgan fingerprint density at radius 3 is 2.47 bits per heavy atom. The second-order valence-corrected chi connectivity index (χ2v) is 5.40. The van der Waals surface area contributed by atoms with Crippen LogP contribution in [0.2, 0.25) is 5.02 Å². The van der Waals surface area contributed by atoms with Crippen molar-refractivity contribution in [3.05, 3.63) is 28.8 Å². The van der Waals surface area contributed by atoms with E-state index in [0.29, 0.717) is 17.0 Å². The number of para-hydroxylation sites is 1. The van der Waals surface area contributed by atoms with Gasteiger partial charge in [-0.1, -0.05) is 37.6 Å². The van der Waals surface area contributed by atoms with Crippen LogP contribution < -0.4 is 4.90 Å². The Labute approximate surface area is 109 Å². The minimum Gasteiger partial charge on any atom is -0.392 e. The van der Waals surface area contributed by atoms with Gasteiger partial charge in [-0.3, -0.25) is 0 Å². The first kappa shape index (κ1) is 14.3. The molecule has 0 fully saturated rings. The van der Waals surface area contributed by atoms with Gasteiger partial charge in [0.15, 0.2) is 0 Å². The zero-order chi connectivity index (χ0) is 13.0. The van der Waals surface area contributed by atoms with Crippen molar-refractivity contribution in [1.82, 2.24) is 0 Å². The molecular weight excluding hydrogens is 234 g/mol. The van der Waals surface area contributed by atoms with Crippen molar-refractivity contribution in [1.29, 1.82) is 0 Å². The molecule has 0 aliphatic rings. The molecule has 1 aromatic carbocycles. The molecular formula is C14H22ClNO. The fourth-order valence-corrected chi connectivity index (χ4v) is 2.47. The van der Waals surface area contributed by atoms with Crippen LogP contribution in [0.1, 0.15) is 32.8 Å². The predicted molar refractivity (Wildman–Crippen MR) is 74.7 cm³/mol. The Bertz CT molecular complexity index is 365. The minimum absolute atomic E-state index is 0.0225. The normalized spacial score (nSPS) is 12.9. The quantitative estimate of drug-likeness (QED) is 0.867. The van der Waals surface area contributed by atoms with Gasteiger partial charge in [0.2, 0.25) is 0 Å². The first-order valence-electron chi connectivity index (χ1n) is 6.08. The third-order valence-electron chi connectivity index (χ3n) is 3.07. The zero-order valence-corrected chi connectivity index (χ0v) is 11.8. The van der Waals surface area contributed by atoms with Crippen LogP contribution in [0.15, 0.2) is 18.2 Å². The average Bonchev–Trinajstić information content (AvgIpc) is 2.26. The summed E-state index contributed by atoms with van der Waals surface area (Å²) in [5.41, 5.74) is 1.83. The van der Waals surface area contributed by atoms with Gasteiger partial charge in [-0.05, 0) is 25.3 Å². The van der Waals surface area contributed by atoms with Gasteiger partial charge in [0.25, 0.3) is 0 Å². The second kappa shape index (κ2) is 6.27. The van der Waals surface area contributed by atoms with E-state index in [0.717, 1.165) is 17.7 Å². The van der Waals surface area contributed by atoms with Crippen LogP contribution in [-0.2, 0) is 6.61 Å². The van der Waals surface area contributed by atoms with Gasteiger partial charge in [-0.15, -0.1) is 0 Å². The van der Waals surface area contributed by atoms with Crippen LogP contribution in [0.25, 0.3) is 0 Å². The Balaban J connectivity index is 2.98. The summed E-state index contributed by atoms with van der Waals surface area (Å²) in [7, 11) is 2.04. The number of rotatable bonds is 5. The lowest BCUT2D eigenvalue weighted by atomic mass is 10.0. The van der Waals surface area contributed by atoms with Crippen LogP contribution in [0.3, 0.4) is 0 Å². The largest absolute Gasteiger partial charge is 0.392 e. The van der Waals surface area contributed by atoms with Crippen LogP contribution in [0.5, 0.6) is 0 Å². The zero-order valence-electron chi connectivity index (χ0n) is 11.1. The van der Waals surface area contributed by atoms with Crippen LogP contribution in [0, 0.1) is 5.92 Å². The molecule has 96 valence electrons. The van der Waals surface area contributed by atoms with Crippen molar-refractivity contribution in [3.8, 4) is 0 Å². The maximum atomic E-state index is 9.37. The van der Waals surface area contributed by atoms with Crippen molar-refractivity contribution < 1.29 is 5.11 Å². The molecule has 17 heavy (non-hydrogen) atoms. The highest BCUT2D eigenvalue weighted by Gasteiger charge is 2.17. The molecule has 0 saturated heterocycles. The highest BCUT2D eigenvalue weighted by molar-refractivity contribution is 6.33. The lowest BCUT2D eigenvalue weighted by molar-refractivity contribution is 0.282. The van der Waals surface area contributed by atoms with E-state index >= 15 is 0 Å². The van der Waals surface area contributed by atoms with E-state index < -0.39 is 0 Å². The van der Waals surface area contributed by atoms with Crippen molar-refractivity contribution in [2.24, 2.45) is 5.92 Å². The van der Waals surface area contributed by atoms with Crippen LogP contribution in [0.4, 0.5) is 5.69 Å². The Kier molecular flexibility index (Phi) is 5.29.